The summed E-state index contributed by atoms with van der Waals surface area (Å²) in [5, 5.41) is 8.41. The average molecular weight is 363 g/mol. The summed E-state index contributed by atoms with van der Waals surface area (Å²) in [7, 11) is 1.60. The van der Waals surface area contributed by atoms with Crippen LogP contribution in [0.1, 0.15) is 35.0 Å². The number of hydrogen-bond donors (Lipinski definition) is 0. The van der Waals surface area contributed by atoms with Crippen LogP contribution in [0.25, 0.3) is 11.5 Å². The van der Waals surface area contributed by atoms with Gasteiger partial charge >= 0.3 is 0 Å². The third-order valence-electron chi connectivity index (χ3n) is 4.84. The Morgan fingerprint density at radius 3 is 2.81 bits per heavy atom. The summed E-state index contributed by atoms with van der Waals surface area (Å²) in [4.78, 5) is 14.7. The van der Waals surface area contributed by atoms with Crippen LogP contribution in [0.2, 0.25) is 0 Å². The topological polar surface area (TPSA) is 68.5 Å². The number of likely N-dealkylation sites (tertiary alicyclic amines) is 1. The highest BCUT2D eigenvalue weighted by atomic mass is 16.5. The molecule has 1 aliphatic heterocycles. The van der Waals surface area contributed by atoms with Gasteiger partial charge in [-0.1, -0.05) is 24.3 Å². The lowest BCUT2D eigenvalue weighted by Crippen LogP contribution is -2.39. The fourth-order valence-electron chi connectivity index (χ4n) is 3.40. The minimum atomic E-state index is 0.00129. The molecule has 2 heterocycles. The van der Waals surface area contributed by atoms with Crippen molar-refractivity contribution in [2.75, 3.05) is 20.2 Å². The van der Waals surface area contributed by atoms with E-state index in [0.717, 1.165) is 24.9 Å². The monoisotopic (exact) mass is 363 g/mol. The molecule has 27 heavy (non-hydrogen) atoms. The molecule has 6 nitrogen and oxygen atoms in total. The van der Waals surface area contributed by atoms with Crippen molar-refractivity contribution in [3.8, 4) is 17.2 Å². The van der Waals surface area contributed by atoms with Gasteiger partial charge in [0.1, 0.15) is 5.75 Å². The van der Waals surface area contributed by atoms with Crippen LogP contribution in [0.4, 0.5) is 0 Å². The molecule has 138 valence electrons. The van der Waals surface area contributed by atoms with Gasteiger partial charge in [0.05, 0.1) is 13.0 Å². The van der Waals surface area contributed by atoms with Crippen LogP contribution < -0.4 is 4.74 Å². The first kappa shape index (κ1) is 17.3. The summed E-state index contributed by atoms with van der Waals surface area (Å²) >= 11 is 0. The van der Waals surface area contributed by atoms with Crippen molar-refractivity contribution in [3.05, 3.63) is 66.1 Å². The molecule has 4 rings (SSSR count). The number of aromatic nitrogens is 2. The molecular weight excluding hydrogens is 342 g/mol. The normalized spacial score (nSPS) is 16.9. The zero-order valence-electron chi connectivity index (χ0n) is 15.2. The van der Waals surface area contributed by atoms with E-state index in [-0.39, 0.29) is 11.8 Å². The number of carbonyl (C=O) groups excluding carboxylic acids is 1. The number of methoxy groups -OCH3 is 1. The van der Waals surface area contributed by atoms with Crippen molar-refractivity contribution in [2.45, 2.75) is 18.8 Å². The van der Waals surface area contributed by atoms with E-state index in [1.807, 2.05) is 53.4 Å². The number of benzene rings is 2. The zero-order chi connectivity index (χ0) is 18.6. The molecule has 0 spiro atoms. The molecule has 2 aromatic carbocycles. The highest BCUT2D eigenvalue weighted by Gasteiger charge is 2.29. The summed E-state index contributed by atoms with van der Waals surface area (Å²) in [6, 6.07) is 17.0. The van der Waals surface area contributed by atoms with E-state index in [1.165, 1.54) is 0 Å². The first-order chi connectivity index (χ1) is 13.2. The molecular formula is C21H21N3O3. The van der Waals surface area contributed by atoms with Gasteiger partial charge in [-0.05, 0) is 43.2 Å². The van der Waals surface area contributed by atoms with Gasteiger partial charge in [-0.15, -0.1) is 10.2 Å². The largest absolute Gasteiger partial charge is 0.497 e. The number of piperidine rings is 1. The molecule has 1 amide bonds. The predicted octanol–water partition coefficient (Wildman–Crippen LogP) is 3.77. The zero-order valence-corrected chi connectivity index (χ0v) is 15.2. The van der Waals surface area contributed by atoms with Crippen LogP contribution in [0, 0.1) is 0 Å². The number of carbonyl (C=O) groups is 1. The summed E-state index contributed by atoms with van der Waals surface area (Å²) in [5.74, 6) is 1.84. The molecule has 1 aliphatic rings. The fourth-order valence-corrected chi connectivity index (χ4v) is 3.40. The Kier molecular flexibility index (Phi) is 4.87. The molecule has 6 heteroatoms. The number of nitrogens with zero attached hydrogens (tertiary/aromatic N) is 3. The summed E-state index contributed by atoms with van der Waals surface area (Å²) < 4.78 is 11.1. The van der Waals surface area contributed by atoms with E-state index in [1.54, 1.807) is 13.2 Å². The van der Waals surface area contributed by atoms with E-state index in [4.69, 9.17) is 9.15 Å². The summed E-state index contributed by atoms with van der Waals surface area (Å²) in [6.07, 6.45) is 1.84. The van der Waals surface area contributed by atoms with Crippen molar-refractivity contribution >= 4 is 5.91 Å². The maximum Gasteiger partial charge on any atom is 0.254 e. The predicted molar refractivity (Wildman–Crippen MR) is 101 cm³/mol. The Hall–Kier alpha value is -3.15. The molecule has 0 N–H and O–H groups in total. The first-order valence-electron chi connectivity index (χ1n) is 9.07. The number of hydrogen-bond acceptors (Lipinski definition) is 5. The number of amides is 1. The van der Waals surface area contributed by atoms with Gasteiger partial charge in [-0.2, -0.15) is 0 Å². The lowest BCUT2D eigenvalue weighted by atomic mass is 9.97. The lowest BCUT2D eigenvalue weighted by molar-refractivity contribution is 0.0698. The SMILES string of the molecule is COc1cccc(C(=O)N2CCC[C@H](c3nnc(-c4ccccc4)o3)C2)c1. The van der Waals surface area contributed by atoms with Crippen LogP contribution >= 0.6 is 0 Å². The Morgan fingerprint density at radius 2 is 2.00 bits per heavy atom. The van der Waals surface area contributed by atoms with Gasteiger partial charge in [0.15, 0.2) is 0 Å². The molecule has 3 aromatic rings. The minimum Gasteiger partial charge on any atom is -0.497 e. The van der Waals surface area contributed by atoms with Crippen molar-refractivity contribution in [1.29, 1.82) is 0 Å². The van der Waals surface area contributed by atoms with Crippen molar-refractivity contribution in [3.63, 3.8) is 0 Å². The van der Waals surface area contributed by atoms with Gasteiger partial charge in [-0.3, -0.25) is 4.79 Å². The molecule has 0 unspecified atom stereocenters. The third-order valence-corrected chi connectivity index (χ3v) is 4.84. The maximum atomic E-state index is 12.9. The van der Waals surface area contributed by atoms with Gasteiger partial charge in [0.2, 0.25) is 11.8 Å². The maximum absolute atomic E-state index is 12.9. The van der Waals surface area contributed by atoms with E-state index < -0.39 is 0 Å². The Balaban J connectivity index is 1.50. The van der Waals surface area contributed by atoms with E-state index in [9.17, 15) is 4.79 Å². The van der Waals surface area contributed by atoms with Gasteiger partial charge < -0.3 is 14.1 Å². The highest BCUT2D eigenvalue weighted by Crippen LogP contribution is 2.29. The molecule has 0 radical (unpaired) electrons. The average Bonchev–Trinajstić information content (AvgIpc) is 3.24. The van der Waals surface area contributed by atoms with Crippen molar-refractivity contribution < 1.29 is 13.9 Å². The van der Waals surface area contributed by atoms with Crippen LogP contribution in [0.3, 0.4) is 0 Å². The quantitative estimate of drug-likeness (QED) is 0.706. The Morgan fingerprint density at radius 1 is 1.15 bits per heavy atom. The van der Waals surface area contributed by atoms with Gasteiger partial charge in [-0.25, -0.2) is 0 Å². The number of rotatable bonds is 4. The van der Waals surface area contributed by atoms with Crippen molar-refractivity contribution in [2.24, 2.45) is 0 Å². The second-order valence-electron chi connectivity index (χ2n) is 6.63. The minimum absolute atomic E-state index is 0.00129. The second kappa shape index (κ2) is 7.61. The van der Waals surface area contributed by atoms with Crippen LogP contribution in [-0.2, 0) is 0 Å². The van der Waals surface area contributed by atoms with E-state index in [2.05, 4.69) is 10.2 Å². The molecule has 0 aliphatic carbocycles. The molecule has 1 fully saturated rings. The molecule has 1 atom stereocenters. The summed E-state index contributed by atoms with van der Waals surface area (Å²) in [6.45, 7) is 1.30. The molecule has 1 aromatic heterocycles. The van der Waals surface area contributed by atoms with E-state index >= 15 is 0 Å². The standard InChI is InChI=1S/C21H21N3O3/c1-26-18-11-5-9-16(13-18)21(25)24-12-6-10-17(14-24)20-23-22-19(27-20)15-7-3-2-4-8-15/h2-5,7-9,11,13,17H,6,10,12,14H2,1H3/t17-/m0/s1. The van der Waals surface area contributed by atoms with Gasteiger partial charge in [0, 0.05) is 24.2 Å². The van der Waals surface area contributed by atoms with Crippen molar-refractivity contribution in [1.82, 2.24) is 15.1 Å². The highest BCUT2D eigenvalue weighted by molar-refractivity contribution is 5.94. The van der Waals surface area contributed by atoms with Crippen LogP contribution in [-0.4, -0.2) is 41.2 Å². The Bertz CT molecular complexity index is 923. The molecule has 1 saturated heterocycles. The van der Waals surface area contributed by atoms with Crippen LogP contribution in [0.15, 0.2) is 59.0 Å². The third kappa shape index (κ3) is 3.69. The molecule has 0 bridgehead atoms. The summed E-state index contributed by atoms with van der Waals surface area (Å²) in [5.41, 5.74) is 1.53. The van der Waals surface area contributed by atoms with Gasteiger partial charge in [0.25, 0.3) is 5.91 Å². The number of ether oxygens (including phenoxy) is 1. The smallest absolute Gasteiger partial charge is 0.254 e. The Labute approximate surface area is 157 Å². The first-order valence-corrected chi connectivity index (χ1v) is 9.07. The molecule has 0 saturated carbocycles. The lowest BCUT2D eigenvalue weighted by Gasteiger charge is -2.31. The fraction of sp³-hybridized carbons (Fsp3) is 0.286. The second-order valence-corrected chi connectivity index (χ2v) is 6.63. The van der Waals surface area contributed by atoms with E-state index in [0.29, 0.717) is 29.6 Å². The van der Waals surface area contributed by atoms with Crippen LogP contribution in [0.5, 0.6) is 5.75 Å².